The third-order valence-corrected chi connectivity index (χ3v) is 4.41. The van der Waals surface area contributed by atoms with Crippen LogP contribution in [0.25, 0.3) is 0 Å². The van der Waals surface area contributed by atoms with Crippen molar-refractivity contribution in [1.29, 1.82) is 0 Å². The number of hydrogen-bond donors (Lipinski definition) is 2. The molecule has 0 spiro atoms. The average molecular weight is 396 g/mol. The third kappa shape index (κ3) is 5.10. The molecular weight excluding hydrogens is 377 g/mol. The first kappa shape index (κ1) is 15.4. The molecule has 106 valence electrons. The van der Waals surface area contributed by atoms with Gasteiger partial charge in [0.1, 0.15) is 0 Å². The van der Waals surface area contributed by atoms with E-state index in [1.165, 1.54) is 12.8 Å². The monoisotopic (exact) mass is 395 g/mol. The Morgan fingerprint density at radius 1 is 1.42 bits per heavy atom. The Morgan fingerprint density at radius 2 is 2.16 bits per heavy atom. The second-order valence-corrected chi connectivity index (χ2v) is 6.50. The molecule has 0 aliphatic heterocycles. The number of hydrogen-bond acceptors (Lipinski definition) is 3. The van der Waals surface area contributed by atoms with E-state index in [1.807, 2.05) is 18.2 Å². The van der Waals surface area contributed by atoms with Crippen LogP contribution in [0.2, 0.25) is 5.02 Å². The van der Waals surface area contributed by atoms with Crippen LogP contribution in [0.1, 0.15) is 25.7 Å². The van der Waals surface area contributed by atoms with Gasteiger partial charge in [0.15, 0.2) is 0 Å². The van der Waals surface area contributed by atoms with Crippen LogP contribution in [0.5, 0.6) is 0 Å². The summed E-state index contributed by atoms with van der Waals surface area (Å²) >= 11 is 8.13. The van der Waals surface area contributed by atoms with Crippen LogP contribution in [-0.2, 0) is 4.74 Å². The number of aliphatic hydroxyl groups excluding tert-OH is 1. The molecule has 0 bridgehead atoms. The summed E-state index contributed by atoms with van der Waals surface area (Å²) in [7, 11) is 0. The van der Waals surface area contributed by atoms with Gasteiger partial charge in [-0.1, -0.05) is 24.4 Å². The van der Waals surface area contributed by atoms with Gasteiger partial charge in [-0.3, -0.25) is 0 Å². The van der Waals surface area contributed by atoms with Crippen LogP contribution >= 0.6 is 34.2 Å². The fraction of sp³-hybridized carbons (Fsp3) is 0.571. The quantitative estimate of drug-likeness (QED) is 0.722. The number of ether oxygens (including phenoxy) is 1. The normalized spacial score (nSPS) is 17.6. The maximum atomic E-state index is 9.90. The molecule has 0 heterocycles. The molecule has 1 unspecified atom stereocenters. The Balaban J connectivity index is 1.71. The largest absolute Gasteiger partial charge is 0.389 e. The van der Waals surface area contributed by atoms with Crippen LogP contribution in [0.15, 0.2) is 18.2 Å². The lowest BCUT2D eigenvalue weighted by Crippen LogP contribution is -2.27. The predicted octanol–water partition coefficient (Wildman–Crippen LogP) is 3.68. The lowest BCUT2D eigenvalue weighted by atomic mass is 10.3. The first-order valence-electron chi connectivity index (χ1n) is 6.64. The molecule has 1 aliphatic rings. The Labute approximate surface area is 132 Å². The summed E-state index contributed by atoms with van der Waals surface area (Å²) in [4.78, 5) is 0. The van der Waals surface area contributed by atoms with Crippen molar-refractivity contribution in [3.8, 4) is 0 Å². The van der Waals surface area contributed by atoms with Crippen LogP contribution in [0.4, 0.5) is 5.69 Å². The molecule has 1 saturated carbocycles. The van der Waals surface area contributed by atoms with E-state index in [9.17, 15) is 5.11 Å². The highest BCUT2D eigenvalue weighted by Gasteiger charge is 2.16. The van der Waals surface area contributed by atoms with Gasteiger partial charge in [0, 0.05) is 20.8 Å². The van der Waals surface area contributed by atoms with Crippen molar-refractivity contribution in [1.82, 2.24) is 0 Å². The van der Waals surface area contributed by atoms with Gasteiger partial charge < -0.3 is 15.2 Å². The SMILES string of the molecule is OC(CNc1ccc(Cl)cc1I)COC1CCCC1. The Morgan fingerprint density at radius 3 is 2.84 bits per heavy atom. The maximum Gasteiger partial charge on any atom is 0.0945 e. The fourth-order valence-corrected chi connectivity index (χ4v) is 3.28. The number of nitrogens with one attached hydrogen (secondary N) is 1. The zero-order valence-electron chi connectivity index (χ0n) is 10.7. The number of benzene rings is 1. The first-order valence-corrected chi connectivity index (χ1v) is 8.09. The summed E-state index contributed by atoms with van der Waals surface area (Å²) in [6.45, 7) is 0.895. The van der Waals surface area contributed by atoms with E-state index in [0.29, 0.717) is 19.3 Å². The van der Waals surface area contributed by atoms with Crippen LogP contribution in [-0.4, -0.2) is 30.5 Å². The highest BCUT2D eigenvalue weighted by atomic mass is 127. The van der Waals surface area contributed by atoms with Crippen molar-refractivity contribution in [2.45, 2.75) is 37.9 Å². The number of halogens is 2. The molecule has 2 rings (SSSR count). The fourth-order valence-electron chi connectivity index (χ4n) is 2.22. The molecule has 0 saturated heterocycles. The molecule has 0 amide bonds. The van der Waals surface area contributed by atoms with Crippen molar-refractivity contribution >= 4 is 39.9 Å². The molecule has 19 heavy (non-hydrogen) atoms. The second kappa shape index (κ2) is 7.67. The van der Waals surface area contributed by atoms with Crippen molar-refractivity contribution in [3.05, 3.63) is 26.8 Å². The number of rotatable bonds is 6. The van der Waals surface area contributed by atoms with Crippen LogP contribution < -0.4 is 5.32 Å². The van der Waals surface area contributed by atoms with E-state index in [1.54, 1.807) is 0 Å². The summed E-state index contributed by atoms with van der Waals surface area (Å²) < 4.78 is 6.74. The minimum atomic E-state index is -0.480. The van der Waals surface area contributed by atoms with Crippen molar-refractivity contribution in [2.24, 2.45) is 0 Å². The molecule has 0 radical (unpaired) electrons. The van der Waals surface area contributed by atoms with E-state index in [4.69, 9.17) is 16.3 Å². The summed E-state index contributed by atoms with van der Waals surface area (Å²) in [6.07, 6.45) is 4.64. The molecule has 0 aromatic heterocycles. The summed E-state index contributed by atoms with van der Waals surface area (Å²) in [5, 5.41) is 13.8. The molecule has 1 aromatic carbocycles. The summed E-state index contributed by atoms with van der Waals surface area (Å²) in [6, 6.07) is 5.66. The summed E-state index contributed by atoms with van der Waals surface area (Å²) in [5.74, 6) is 0. The van der Waals surface area contributed by atoms with Gasteiger partial charge in [0.05, 0.1) is 18.8 Å². The minimum Gasteiger partial charge on any atom is -0.389 e. The summed E-state index contributed by atoms with van der Waals surface area (Å²) in [5.41, 5.74) is 0.991. The van der Waals surface area contributed by atoms with Crippen LogP contribution in [0.3, 0.4) is 0 Å². The zero-order valence-corrected chi connectivity index (χ0v) is 13.7. The maximum absolute atomic E-state index is 9.90. The molecule has 3 nitrogen and oxygen atoms in total. The van der Waals surface area contributed by atoms with Crippen molar-refractivity contribution in [2.75, 3.05) is 18.5 Å². The molecule has 1 fully saturated rings. The lowest BCUT2D eigenvalue weighted by molar-refractivity contribution is -0.00117. The van der Waals surface area contributed by atoms with Gasteiger partial charge in [-0.25, -0.2) is 0 Å². The van der Waals surface area contributed by atoms with Gasteiger partial charge in [0.25, 0.3) is 0 Å². The predicted molar refractivity (Wildman–Crippen MR) is 86.9 cm³/mol. The zero-order chi connectivity index (χ0) is 13.7. The Kier molecular flexibility index (Phi) is 6.19. The number of aliphatic hydroxyl groups is 1. The van der Waals surface area contributed by atoms with E-state index < -0.39 is 6.10 Å². The van der Waals surface area contributed by atoms with Gasteiger partial charge in [-0.05, 0) is 53.6 Å². The van der Waals surface area contributed by atoms with Gasteiger partial charge in [0.2, 0.25) is 0 Å². The number of anilines is 1. The molecule has 1 aromatic rings. The van der Waals surface area contributed by atoms with Crippen molar-refractivity contribution < 1.29 is 9.84 Å². The van der Waals surface area contributed by atoms with Gasteiger partial charge >= 0.3 is 0 Å². The smallest absolute Gasteiger partial charge is 0.0945 e. The molecule has 5 heteroatoms. The van der Waals surface area contributed by atoms with Crippen molar-refractivity contribution in [3.63, 3.8) is 0 Å². The van der Waals surface area contributed by atoms with E-state index in [2.05, 4.69) is 27.9 Å². The van der Waals surface area contributed by atoms with Gasteiger partial charge in [-0.2, -0.15) is 0 Å². The lowest BCUT2D eigenvalue weighted by Gasteiger charge is -2.17. The molecule has 1 atom stereocenters. The minimum absolute atomic E-state index is 0.352. The topological polar surface area (TPSA) is 41.5 Å². The molecule has 2 N–H and O–H groups in total. The van der Waals surface area contributed by atoms with E-state index in [-0.39, 0.29) is 0 Å². The van der Waals surface area contributed by atoms with Crippen LogP contribution in [0, 0.1) is 3.57 Å². The highest BCUT2D eigenvalue weighted by Crippen LogP contribution is 2.23. The van der Waals surface area contributed by atoms with E-state index in [0.717, 1.165) is 27.1 Å². The molecular formula is C14H19ClINO2. The highest BCUT2D eigenvalue weighted by molar-refractivity contribution is 14.1. The van der Waals surface area contributed by atoms with E-state index >= 15 is 0 Å². The standard InChI is InChI=1S/C14H19ClINO2/c15-10-5-6-14(13(16)7-10)17-8-11(18)9-19-12-3-1-2-4-12/h5-7,11-12,17-18H,1-4,8-9H2. The first-order chi connectivity index (χ1) is 9.15. The Hall–Kier alpha value is -0.0400. The average Bonchev–Trinajstić information content (AvgIpc) is 2.88. The third-order valence-electron chi connectivity index (χ3n) is 3.29. The second-order valence-electron chi connectivity index (χ2n) is 4.90. The molecule has 1 aliphatic carbocycles. The van der Waals surface area contributed by atoms with Gasteiger partial charge in [-0.15, -0.1) is 0 Å². The Bertz CT molecular complexity index is 410.